The molecule has 0 aliphatic carbocycles. The smallest absolute Gasteiger partial charge is 0 e. The summed E-state index contributed by atoms with van der Waals surface area (Å²) in [7, 11) is 1.82. The first kappa shape index (κ1) is 11.1. The monoisotopic (exact) mass is 186 g/mol. The molecule has 1 radical (unpaired) electrons. The van der Waals surface area contributed by atoms with E-state index in [0.717, 1.165) is 0 Å². The molecule has 0 N–H and O–H groups in total. The van der Waals surface area contributed by atoms with Gasteiger partial charge in [-0.1, -0.05) is 0 Å². The average Bonchev–Trinajstić information content (AvgIpc) is 1.86. The van der Waals surface area contributed by atoms with Gasteiger partial charge >= 0.3 is 0 Å². The average molecular weight is 186 g/mol. The van der Waals surface area contributed by atoms with Crippen molar-refractivity contribution < 1.29 is 32.7 Å². The Morgan fingerprint density at radius 2 is 2.25 bits per heavy atom. The molecule has 1 rings (SSSR count). The molecule has 3 nitrogen and oxygen atoms in total. The Kier molecular flexibility index (Phi) is 7.46. The summed E-state index contributed by atoms with van der Waals surface area (Å²) in [5, 5.41) is 6.89. The normalized spacial score (nSPS) is 6.62. The Bertz CT molecular complexity index is 115. The largest absolute Gasteiger partial charge is 0.486 e. The second-order valence-corrected chi connectivity index (χ2v) is 1.04. The first-order valence-electron chi connectivity index (χ1n) is 1.61. The predicted octanol–water partition coefficient (Wildman–Crippen LogP) is 0.0631. The van der Waals surface area contributed by atoms with Gasteiger partial charge < -0.3 is 12.0 Å². The quantitative estimate of drug-likeness (QED) is 0.536. The predicted molar refractivity (Wildman–Crippen MR) is 26.3 cm³/mol. The Hall–Kier alpha value is 0.244. The molecule has 0 bridgehead atoms. The van der Waals surface area contributed by atoms with E-state index in [1.54, 1.807) is 10.9 Å². The Morgan fingerprint density at radius 3 is 2.38 bits per heavy atom. The summed E-state index contributed by atoms with van der Waals surface area (Å²) in [4.78, 5) is 0. The molecule has 8 heavy (non-hydrogen) atoms. The van der Waals surface area contributed by atoms with Gasteiger partial charge in [0.15, 0.2) is 0 Å². The van der Waals surface area contributed by atoms with E-state index < -0.39 is 0 Å². The summed E-state index contributed by atoms with van der Waals surface area (Å²) >= 11 is 0. The maximum atomic E-state index is 3.48. The van der Waals surface area contributed by atoms with Gasteiger partial charge in [0.2, 0.25) is 0 Å². The fourth-order valence-corrected chi connectivity index (χ4v) is 0.225. The second-order valence-electron chi connectivity index (χ2n) is 1.04. The summed E-state index contributed by atoms with van der Waals surface area (Å²) in [5.41, 5.74) is 0. The zero-order valence-corrected chi connectivity index (χ0v) is 7.83. The maximum Gasteiger partial charge on any atom is 0 e. The molecule has 1 aromatic heterocycles. The number of hydrogen-bond acceptors (Lipinski definition) is 2. The summed E-state index contributed by atoms with van der Waals surface area (Å²) in [5.74, 6) is 0. The third kappa shape index (κ3) is 3.27. The van der Waals surface area contributed by atoms with E-state index >= 15 is 0 Å². The minimum absolute atomic E-state index is 0. The standard InChI is InChI=1S/C3H4N3.CH3.Y/c1-6-2-4-5-3-6;;/h2H,1H3;1H3;/q2*-1;. The zero-order valence-electron chi connectivity index (χ0n) is 5.00. The minimum Gasteiger partial charge on any atom is -0.486 e. The fraction of sp³-hybridized carbons (Fsp3) is 0.250. The van der Waals surface area contributed by atoms with E-state index in [9.17, 15) is 0 Å². The first-order chi connectivity index (χ1) is 2.89. The van der Waals surface area contributed by atoms with Crippen LogP contribution in [0.4, 0.5) is 0 Å². The van der Waals surface area contributed by atoms with Crippen LogP contribution in [-0.2, 0) is 39.8 Å². The molecule has 0 saturated carbocycles. The summed E-state index contributed by atoms with van der Waals surface area (Å²) in [6.45, 7) is 0. The van der Waals surface area contributed by atoms with Gasteiger partial charge in [0.05, 0.1) is 0 Å². The van der Waals surface area contributed by atoms with Gasteiger partial charge in [0.1, 0.15) is 0 Å². The molecule has 0 spiro atoms. The van der Waals surface area contributed by atoms with Crippen molar-refractivity contribution in [1.29, 1.82) is 0 Å². The third-order valence-corrected chi connectivity index (χ3v) is 0.485. The van der Waals surface area contributed by atoms with Crippen molar-refractivity contribution >= 4 is 0 Å². The summed E-state index contributed by atoms with van der Waals surface area (Å²) in [6.07, 6.45) is 4.14. The van der Waals surface area contributed by atoms with Crippen molar-refractivity contribution in [3.63, 3.8) is 0 Å². The number of rotatable bonds is 0. The van der Waals surface area contributed by atoms with Crippen molar-refractivity contribution in [3.05, 3.63) is 20.1 Å². The van der Waals surface area contributed by atoms with Crippen molar-refractivity contribution in [2.75, 3.05) is 0 Å². The fourth-order valence-electron chi connectivity index (χ4n) is 0.225. The van der Waals surface area contributed by atoms with Crippen molar-refractivity contribution in [1.82, 2.24) is 14.8 Å². The van der Waals surface area contributed by atoms with E-state index in [4.69, 9.17) is 0 Å². The van der Waals surface area contributed by atoms with E-state index in [-0.39, 0.29) is 40.1 Å². The topological polar surface area (TPSA) is 30.7 Å². The molecular weight excluding hydrogens is 179 g/mol. The molecule has 0 aromatic carbocycles. The van der Waals surface area contributed by atoms with Gasteiger partial charge in [-0.05, 0) is 19.7 Å². The van der Waals surface area contributed by atoms with Gasteiger partial charge in [-0.15, -0.1) is 0 Å². The van der Waals surface area contributed by atoms with Gasteiger partial charge in [0.25, 0.3) is 0 Å². The Labute approximate surface area is 74.4 Å². The van der Waals surface area contributed by atoms with E-state index in [1.165, 1.54) is 0 Å². The van der Waals surface area contributed by atoms with Crippen LogP contribution in [0.3, 0.4) is 0 Å². The Morgan fingerprint density at radius 1 is 1.62 bits per heavy atom. The molecule has 0 aliphatic heterocycles. The molecular formula is C4H7N3Y-2. The van der Waals surface area contributed by atoms with Crippen LogP contribution in [0.5, 0.6) is 0 Å². The van der Waals surface area contributed by atoms with E-state index in [2.05, 4.69) is 16.5 Å². The SMILES string of the molecule is Cn1[c-]nnc1.[CH3-].[Y]. The molecule has 1 heterocycles. The van der Waals surface area contributed by atoms with Crippen molar-refractivity contribution in [2.45, 2.75) is 0 Å². The van der Waals surface area contributed by atoms with Crippen LogP contribution in [0.25, 0.3) is 0 Å². The number of aryl methyl sites for hydroxylation is 1. The van der Waals surface area contributed by atoms with Gasteiger partial charge in [-0.2, -0.15) is 0 Å². The number of nitrogens with zero attached hydrogens (tertiary/aromatic N) is 3. The summed E-state index contributed by atoms with van der Waals surface area (Å²) < 4.78 is 1.65. The van der Waals surface area contributed by atoms with Crippen LogP contribution in [0, 0.1) is 13.8 Å². The van der Waals surface area contributed by atoms with Gasteiger partial charge in [-0.3, -0.25) is 10.2 Å². The van der Waals surface area contributed by atoms with E-state index in [1.807, 2.05) is 7.05 Å². The summed E-state index contributed by atoms with van der Waals surface area (Å²) in [6, 6.07) is 0. The molecule has 0 fully saturated rings. The van der Waals surface area contributed by atoms with Crippen LogP contribution in [0.2, 0.25) is 0 Å². The minimum atomic E-state index is 0. The van der Waals surface area contributed by atoms with Crippen LogP contribution < -0.4 is 0 Å². The molecule has 0 amide bonds. The van der Waals surface area contributed by atoms with Crippen molar-refractivity contribution in [3.8, 4) is 0 Å². The van der Waals surface area contributed by atoms with Crippen molar-refractivity contribution in [2.24, 2.45) is 7.05 Å². The van der Waals surface area contributed by atoms with Crippen LogP contribution in [0.15, 0.2) is 6.33 Å². The van der Waals surface area contributed by atoms with Crippen LogP contribution in [-0.4, -0.2) is 14.8 Å². The molecule has 4 heteroatoms. The van der Waals surface area contributed by atoms with Gasteiger partial charge in [-0.25, -0.2) is 0 Å². The second kappa shape index (κ2) is 5.38. The zero-order chi connectivity index (χ0) is 4.41. The van der Waals surface area contributed by atoms with Crippen LogP contribution in [0.1, 0.15) is 0 Å². The number of aromatic nitrogens is 3. The molecule has 0 unspecified atom stereocenters. The number of hydrogen-bond donors (Lipinski definition) is 0. The Balaban J connectivity index is 0. The van der Waals surface area contributed by atoms with Crippen LogP contribution >= 0.6 is 0 Å². The molecule has 1 aromatic rings. The maximum absolute atomic E-state index is 3.48. The molecule has 0 saturated heterocycles. The molecule has 43 valence electrons. The van der Waals surface area contributed by atoms with E-state index in [0.29, 0.717) is 0 Å². The third-order valence-electron chi connectivity index (χ3n) is 0.485. The first-order valence-corrected chi connectivity index (χ1v) is 1.61. The molecule has 0 atom stereocenters. The molecule has 0 aliphatic rings. The van der Waals surface area contributed by atoms with Gasteiger partial charge in [0, 0.05) is 32.7 Å².